The number of rotatable bonds is 8. The van der Waals surface area contributed by atoms with Crippen LogP contribution in [0.15, 0.2) is 12.4 Å². The molecule has 17 heavy (non-hydrogen) atoms. The first kappa shape index (κ1) is 14.2. The van der Waals surface area contributed by atoms with E-state index in [1.165, 1.54) is 0 Å². The highest BCUT2D eigenvalue weighted by atomic mass is 16.3. The van der Waals surface area contributed by atoms with E-state index >= 15 is 0 Å². The first-order valence-corrected chi connectivity index (χ1v) is 6.52. The fraction of sp³-hybridized carbons (Fsp3) is 0.769. The fourth-order valence-corrected chi connectivity index (χ4v) is 1.86. The molecule has 2 N–H and O–H groups in total. The maximum Gasteiger partial charge on any atom is 0.0673 e. The van der Waals surface area contributed by atoms with Gasteiger partial charge in [0.25, 0.3) is 0 Å². The molecular formula is C13H25N3O. The zero-order chi connectivity index (χ0) is 12.7. The lowest BCUT2D eigenvalue weighted by Gasteiger charge is -2.22. The van der Waals surface area contributed by atoms with E-state index in [0.29, 0.717) is 6.42 Å². The maximum absolute atomic E-state index is 10.3. The molecular weight excluding hydrogens is 214 g/mol. The van der Waals surface area contributed by atoms with Gasteiger partial charge in [0, 0.05) is 19.2 Å². The van der Waals surface area contributed by atoms with E-state index in [2.05, 4.69) is 24.3 Å². The van der Waals surface area contributed by atoms with Gasteiger partial charge in [0.2, 0.25) is 0 Å². The standard InChI is InChI=1S/C13H25N3O/c1-4-7-14-8-6-13(3,17)9-12-10-15-16(5-2)11-12/h10-11,14,17H,4-9H2,1-3H3. The molecule has 0 radical (unpaired) electrons. The number of aryl methyl sites for hydroxylation is 1. The van der Waals surface area contributed by atoms with Crippen molar-refractivity contribution in [2.24, 2.45) is 0 Å². The Labute approximate surface area is 104 Å². The Morgan fingerprint density at radius 2 is 2.18 bits per heavy atom. The zero-order valence-corrected chi connectivity index (χ0v) is 11.2. The minimum absolute atomic E-state index is 0.650. The van der Waals surface area contributed by atoms with Crippen molar-refractivity contribution in [3.63, 3.8) is 0 Å². The molecule has 1 aromatic heterocycles. The molecule has 0 aliphatic heterocycles. The second kappa shape index (κ2) is 6.77. The molecule has 98 valence electrons. The molecule has 4 nitrogen and oxygen atoms in total. The van der Waals surface area contributed by atoms with E-state index in [1.54, 1.807) is 0 Å². The van der Waals surface area contributed by atoms with Crippen LogP contribution in [0.25, 0.3) is 0 Å². The summed E-state index contributed by atoms with van der Waals surface area (Å²) in [5.41, 5.74) is 0.454. The van der Waals surface area contributed by atoms with Crippen molar-refractivity contribution in [1.29, 1.82) is 0 Å². The van der Waals surface area contributed by atoms with Gasteiger partial charge in [-0.05, 0) is 45.3 Å². The van der Waals surface area contributed by atoms with Crippen LogP contribution in [0.2, 0.25) is 0 Å². The molecule has 1 heterocycles. The van der Waals surface area contributed by atoms with Crippen LogP contribution < -0.4 is 5.32 Å². The van der Waals surface area contributed by atoms with E-state index < -0.39 is 5.60 Å². The van der Waals surface area contributed by atoms with Crippen LogP contribution in [0, 0.1) is 0 Å². The summed E-state index contributed by atoms with van der Waals surface area (Å²) in [6, 6.07) is 0. The summed E-state index contributed by atoms with van der Waals surface area (Å²) < 4.78 is 1.89. The summed E-state index contributed by atoms with van der Waals surface area (Å²) in [4.78, 5) is 0. The van der Waals surface area contributed by atoms with Gasteiger partial charge in [0.15, 0.2) is 0 Å². The highest BCUT2D eigenvalue weighted by molar-refractivity contribution is 5.07. The van der Waals surface area contributed by atoms with Gasteiger partial charge < -0.3 is 10.4 Å². The first-order chi connectivity index (χ1) is 8.07. The second-order valence-electron chi connectivity index (χ2n) is 4.88. The predicted molar refractivity (Wildman–Crippen MR) is 70.0 cm³/mol. The van der Waals surface area contributed by atoms with E-state index in [-0.39, 0.29) is 0 Å². The molecule has 0 saturated heterocycles. The Hall–Kier alpha value is -0.870. The monoisotopic (exact) mass is 239 g/mol. The summed E-state index contributed by atoms with van der Waals surface area (Å²) in [6.07, 6.45) is 6.42. The van der Waals surface area contributed by atoms with Crippen LogP contribution in [0.1, 0.15) is 39.2 Å². The quantitative estimate of drug-likeness (QED) is 0.677. The molecule has 0 bridgehead atoms. The Kier molecular flexibility index (Phi) is 5.65. The molecule has 0 spiro atoms. The van der Waals surface area contributed by atoms with Crippen molar-refractivity contribution in [2.45, 2.75) is 52.2 Å². The lowest BCUT2D eigenvalue weighted by atomic mass is 9.95. The Bertz CT molecular complexity index is 320. The minimum atomic E-state index is -0.650. The molecule has 1 unspecified atom stereocenters. The normalized spacial score (nSPS) is 14.8. The SMILES string of the molecule is CCCNCCC(C)(O)Cc1cnn(CC)c1. The van der Waals surface area contributed by atoms with Crippen LogP contribution in [-0.2, 0) is 13.0 Å². The largest absolute Gasteiger partial charge is 0.390 e. The Balaban J connectivity index is 2.37. The highest BCUT2D eigenvalue weighted by Gasteiger charge is 2.21. The van der Waals surface area contributed by atoms with Gasteiger partial charge in [0.05, 0.1) is 11.8 Å². The van der Waals surface area contributed by atoms with Gasteiger partial charge in [0.1, 0.15) is 0 Å². The third-order valence-electron chi connectivity index (χ3n) is 2.86. The third kappa shape index (κ3) is 5.33. The second-order valence-corrected chi connectivity index (χ2v) is 4.88. The number of nitrogens with one attached hydrogen (secondary N) is 1. The number of hydrogen-bond donors (Lipinski definition) is 2. The van der Waals surface area contributed by atoms with E-state index in [1.807, 2.05) is 24.0 Å². The van der Waals surface area contributed by atoms with Crippen molar-refractivity contribution >= 4 is 0 Å². The molecule has 4 heteroatoms. The van der Waals surface area contributed by atoms with Gasteiger partial charge in [-0.2, -0.15) is 5.10 Å². The van der Waals surface area contributed by atoms with Gasteiger partial charge in [-0.15, -0.1) is 0 Å². The van der Waals surface area contributed by atoms with E-state index in [9.17, 15) is 5.11 Å². The predicted octanol–water partition coefficient (Wildman–Crippen LogP) is 1.59. The molecule has 0 fully saturated rings. The maximum atomic E-state index is 10.3. The Morgan fingerprint density at radius 1 is 1.41 bits per heavy atom. The lowest BCUT2D eigenvalue weighted by Crippen LogP contribution is -2.32. The van der Waals surface area contributed by atoms with Crippen molar-refractivity contribution in [3.05, 3.63) is 18.0 Å². The zero-order valence-electron chi connectivity index (χ0n) is 11.2. The molecule has 1 rings (SSSR count). The van der Waals surface area contributed by atoms with Crippen LogP contribution in [0.3, 0.4) is 0 Å². The van der Waals surface area contributed by atoms with Crippen molar-refractivity contribution in [2.75, 3.05) is 13.1 Å². The highest BCUT2D eigenvalue weighted by Crippen LogP contribution is 2.16. The third-order valence-corrected chi connectivity index (χ3v) is 2.86. The van der Waals surface area contributed by atoms with Gasteiger partial charge >= 0.3 is 0 Å². The summed E-state index contributed by atoms with van der Waals surface area (Å²) >= 11 is 0. The molecule has 0 saturated carbocycles. The van der Waals surface area contributed by atoms with E-state index in [4.69, 9.17) is 0 Å². The van der Waals surface area contributed by atoms with Crippen LogP contribution >= 0.6 is 0 Å². The molecule has 0 aliphatic rings. The summed E-state index contributed by atoms with van der Waals surface area (Å²) in [6.45, 7) is 8.85. The summed E-state index contributed by atoms with van der Waals surface area (Å²) in [5, 5.41) is 17.8. The van der Waals surface area contributed by atoms with Crippen molar-refractivity contribution in [1.82, 2.24) is 15.1 Å². The smallest absolute Gasteiger partial charge is 0.0673 e. The fourth-order valence-electron chi connectivity index (χ4n) is 1.86. The van der Waals surface area contributed by atoms with Gasteiger partial charge in [-0.3, -0.25) is 4.68 Å². The van der Waals surface area contributed by atoms with E-state index in [0.717, 1.165) is 38.0 Å². The lowest BCUT2D eigenvalue weighted by molar-refractivity contribution is 0.0516. The van der Waals surface area contributed by atoms with Gasteiger partial charge in [-0.25, -0.2) is 0 Å². The van der Waals surface area contributed by atoms with Crippen LogP contribution in [0.5, 0.6) is 0 Å². The van der Waals surface area contributed by atoms with Gasteiger partial charge in [-0.1, -0.05) is 6.92 Å². The average molecular weight is 239 g/mol. The van der Waals surface area contributed by atoms with Crippen LogP contribution in [-0.4, -0.2) is 33.6 Å². The molecule has 0 aliphatic carbocycles. The number of hydrogen-bond acceptors (Lipinski definition) is 3. The number of aromatic nitrogens is 2. The summed E-state index contributed by atoms with van der Waals surface area (Å²) in [5.74, 6) is 0. The van der Waals surface area contributed by atoms with Crippen LogP contribution in [0.4, 0.5) is 0 Å². The first-order valence-electron chi connectivity index (χ1n) is 6.52. The minimum Gasteiger partial charge on any atom is -0.390 e. The number of nitrogens with zero attached hydrogens (tertiary/aromatic N) is 2. The molecule has 0 aromatic carbocycles. The molecule has 1 aromatic rings. The van der Waals surface area contributed by atoms with Crippen molar-refractivity contribution < 1.29 is 5.11 Å². The molecule has 1 atom stereocenters. The summed E-state index contributed by atoms with van der Waals surface area (Å²) in [7, 11) is 0. The Morgan fingerprint density at radius 3 is 2.76 bits per heavy atom. The number of aliphatic hydroxyl groups is 1. The topological polar surface area (TPSA) is 50.1 Å². The van der Waals surface area contributed by atoms with Crippen molar-refractivity contribution in [3.8, 4) is 0 Å². The average Bonchev–Trinajstić information content (AvgIpc) is 2.71. The molecule has 0 amide bonds.